The molecule has 0 aliphatic heterocycles. The summed E-state index contributed by atoms with van der Waals surface area (Å²) in [5.74, 6) is 22.6. The highest BCUT2D eigenvalue weighted by molar-refractivity contribution is 6.10. The summed E-state index contributed by atoms with van der Waals surface area (Å²) in [6, 6.07) is 59.6. The maximum Gasteiger partial charge on any atom is 0.123 e. The minimum Gasteiger partial charge on any atom is -0.493 e. The molecule has 0 aromatic heterocycles. The lowest BCUT2D eigenvalue weighted by molar-refractivity contribution is 0.288. The van der Waals surface area contributed by atoms with E-state index in [1.165, 1.54) is 375 Å². The summed E-state index contributed by atoms with van der Waals surface area (Å²) >= 11 is 0. The molecule has 15 rings (SSSR count). The number of fused-ring (bicyclic) bond motifs is 2. The smallest absolute Gasteiger partial charge is 0.123 e. The fraction of sp³-hybridized carbons (Fsp3) is 0.585. The molecule has 6 aliphatic rings. The van der Waals surface area contributed by atoms with Crippen LogP contribution in [-0.2, 0) is 10.8 Å². The fourth-order valence-electron chi connectivity index (χ4n) is 23.2. The molecule has 0 N–H and O–H groups in total. The summed E-state index contributed by atoms with van der Waals surface area (Å²) in [7, 11) is 0. The van der Waals surface area contributed by atoms with Crippen LogP contribution in [0.1, 0.15) is 517 Å². The summed E-state index contributed by atoms with van der Waals surface area (Å²) in [4.78, 5) is 0. The number of hydrogen-bond acceptors (Lipinski definition) is 6. The largest absolute Gasteiger partial charge is 0.493 e. The Hall–Kier alpha value is -8.58. The molecule has 0 heterocycles. The van der Waals surface area contributed by atoms with Crippen molar-refractivity contribution in [3.63, 3.8) is 0 Å². The number of rotatable bonds is 72. The van der Waals surface area contributed by atoms with Crippen molar-refractivity contribution in [2.75, 3.05) is 39.6 Å². The molecule has 0 amide bonds. The van der Waals surface area contributed by atoms with Crippen LogP contribution in [0.5, 0.6) is 34.5 Å². The Morgan fingerprint density at radius 1 is 0.176 bits per heavy atom. The summed E-state index contributed by atoms with van der Waals surface area (Å²) in [5, 5.41) is 4.31. The van der Waals surface area contributed by atoms with Crippen molar-refractivity contribution in [3.05, 3.63) is 236 Å². The van der Waals surface area contributed by atoms with Gasteiger partial charge in [-0.25, -0.2) is 0 Å². The number of ether oxygens (including phenoxy) is 6. The van der Waals surface area contributed by atoms with Gasteiger partial charge in [0, 0.05) is 56.3 Å². The van der Waals surface area contributed by atoms with Gasteiger partial charge in [-0.05, 0) is 130 Å². The summed E-state index contributed by atoms with van der Waals surface area (Å²) < 4.78 is 44.1. The molecule has 9 aromatic carbocycles. The average molecular weight is 1840 g/mol. The molecule has 4 bridgehead atoms. The van der Waals surface area contributed by atoms with Crippen LogP contribution >= 0.6 is 0 Å². The zero-order chi connectivity index (χ0) is 94.1. The molecule has 0 atom stereocenters. The van der Waals surface area contributed by atoms with Crippen LogP contribution in [0, 0.1) is 23.7 Å². The maximum absolute atomic E-state index is 7.35. The average Bonchev–Trinajstić information content (AvgIpc) is 0.671. The Bertz CT molecular complexity index is 4380. The first-order chi connectivity index (χ1) is 67.5. The SMILES string of the molecule is CCCCCCCCCCCCOc1cccc2c1C1c3c(OCCCCCCCCCCCC)cccc3C2(C#Cc2c3ccccc3c(C#CC34c5cccc(OCCCCCCCCCCCC)c5C(c5c(OCCCCCCCCCCCC)cccc53)c3c(OCCCCCCCCCCCC)cccc34)c3ccccc23)c2cccc(OCCCCCCCCCCCC)c21. The van der Waals surface area contributed by atoms with Crippen molar-refractivity contribution in [3.8, 4) is 58.2 Å². The van der Waals surface area contributed by atoms with Gasteiger partial charge in [0.05, 0.1) is 39.6 Å². The third kappa shape index (κ3) is 28.0. The van der Waals surface area contributed by atoms with Crippen LogP contribution < -0.4 is 28.4 Å². The van der Waals surface area contributed by atoms with Gasteiger partial charge in [-0.15, -0.1) is 0 Å². The minimum absolute atomic E-state index is 0.208. The molecule has 0 radical (unpaired) electrons. The second-order valence-electron chi connectivity index (χ2n) is 41.2. The van der Waals surface area contributed by atoms with Gasteiger partial charge in [-0.2, -0.15) is 0 Å². The van der Waals surface area contributed by atoms with Gasteiger partial charge in [0.2, 0.25) is 0 Å². The number of benzene rings is 9. The van der Waals surface area contributed by atoms with Crippen molar-refractivity contribution < 1.29 is 28.4 Å². The minimum atomic E-state index is -0.965. The molecule has 0 saturated carbocycles. The maximum atomic E-state index is 7.35. The molecule has 6 aliphatic carbocycles. The number of hydrogen-bond donors (Lipinski definition) is 0. The Labute approximate surface area is 827 Å². The van der Waals surface area contributed by atoms with Gasteiger partial charge >= 0.3 is 0 Å². The van der Waals surface area contributed by atoms with E-state index in [4.69, 9.17) is 28.4 Å². The van der Waals surface area contributed by atoms with Crippen molar-refractivity contribution >= 4 is 21.5 Å². The summed E-state index contributed by atoms with van der Waals surface area (Å²) in [5.41, 5.74) is 14.4. The van der Waals surface area contributed by atoms with Crippen LogP contribution in [0.25, 0.3) is 21.5 Å². The zero-order valence-electron chi connectivity index (χ0n) is 86.3. The number of unbranched alkanes of at least 4 members (excludes halogenated alkanes) is 54. The molecular formula is C130H178O6. The van der Waals surface area contributed by atoms with Crippen LogP contribution in [0.4, 0.5) is 0 Å². The Kier molecular flexibility index (Phi) is 45.5. The molecule has 0 spiro atoms. The molecule has 9 aromatic rings. The quantitative estimate of drug-likeness (QED) is 0.0215. The Morgan fingerprint density at radius 2 is 0.324 bits per heavy atom. The van der Waals surface area contributed by atoms with Gasteiger partial charge in [-0.1, -0.05) is 533 Å². The second kappa shape index (κ2) is 59.1. The standard InChI is InChI=1S/C130H178O6/c1-7-13-19-25-31-37-43-49-55-65-97-131-115-87-71-81-109-121(115)127-122-110(82-72-88-116(122)132-98-66-56-50-44-38-32-26-20-14-8-2)129(109,111-83-73-89-117(123(111)127)133-99-67-57-51-45-39-33-27-21-15-9-3)95-93-107-103-77-61-63-79-105(103)108(106-80-64-62-78-104(106)107)94-96-130-112-84-74-90-118(134-100-68-58-52-46-40-34-28-22-16-10-4)124(112)128(125-113(130)85-75-91-119(125)135-101-69-59-53-47-41-35-29-23-17-11-5)126-114(130)86-76-92-120(126)136-102-70-60-54-48-42-36-30-24-18-12-6/h61-64,71-92,127-128H,7-60,65-70,97-102H2,1-6H3. The van der Waals surface area contributed by atoms with Gasteiger partial charge in [0.1, 0.15) is 45.3 Å². The van der Waals surface area contributed by atoms with Gasteiger partial charge < -0.3 is 28.4 Å². The molecule has 0 fully saturated rings. The highest BCUT2D eigenvalue weighted by atomic mass is 16.5. The van der Waals surface area contributed by atoms with E-state index < -0.39 is 10.8 Å². The molecule has 0 saturated heterocycles. The van der Waals surface area contributed by atoms with Crippen LogP contribution in [0.15, 0.2) is 158 Å². The highest BCUT2D eigenvalue weighted by Gasteiger charge is 2.57. The van der Waals surface area contributed by atoms with Crippen molar-refractivity contribution in [2.45, 2.75) is 449 Å². The molecule has 734 valence electrons. The van der Waals surface area contributed by atoms with Crippen molar-refractivity contribution in [1.82, 2.24) is 0 Å². The monoisotopic (exact) mass is 1840 g/mol. The van der Waals surface area contributed by atoms with Crippen LogP contribution in [-0.4, -0.2) is 39.6 Å². The van der Waals surface area contributed by atoms with Crippen molar-refractivity contribution in [1.29, 1.82) is 0 Å². The second-order valence-corrected chi connectivity index (χ2v) is 41.2. The van der Waals surface area contributed by atoms with E-state index in [2.05, 4.69) is 223 Å². The van der Waals surface area contributed by atoms with Crippen LogP contribution in [0.2, 0.25) is 0 Å². The lowest BCUT2D eigenvalue weighted by Gasteiger charge is -2.49. The lowest BCUT2D eigenvalue weighted by Crippen LogP contribution is -2.42. The fourth-order valence-corrected chi connectivity index (χ4v) is 23.2. The first-order valence-corrected chi connectivity index (χ1v) is 57.1. The van der Waals surface area contributed by atoms with E-state index in [9.17, 15) is 0 Å². The zero-order valence-corrected chi connectivity index (χ0v) is 86.3. The van der Waals surface area contributed by atoms with Gasteiger partial charge in [-0.3, -0.25) is 0 Å². The third-order valence-corrected chi connectivity index (χ3v) is 30.8. The van der Waals surface area contributed by atoms with E-state index in [0.29, 0.717) is 39.6 Å². The summed E-state index contributed by atoms with van der Waals surface area (Å²) in [6.07, 6.45) is 76.4. The highest BCUT2D eigenvalue weighted by Crippen LogP contribution is 2.67. The van der Waals surface area contributed by atoms with Crippen LogP contribution in [0.3, 0.4) is 0 Å². The molecule has 136 heavy (non-hydrogen) atoms. The molecule has 6 nitrogen and oxygen atoms in total. The first kappa shape index (κ1) is 105. The topological polar surface area (TPSA) is 55.4 Å². The Balaban J connectivity index is 0.925. The summed E-state index contributed by atoms with van der Waals surface area (Å²) in [6.45, 7) is 17.8. The van der Waals surface area contributed by atoms with E-state index in [1.807, 2.05) is 0 Å². The molecule has 0 unspecified atom stereocenters. The Morgan fingerprint density at radius 3 is 0.478 bits per heavy atom. The van der Waals surface area contributed by atoms with Crippen molar-refractivity contribution in [2.24, 2.45) is 0 Å². The molecular weight excluding hydrogens is 1660 g/mol. The molecule has 6 heteroatoms. The van der Waals surface area contributed by atoms with E-state index in [1.54, 1.807) is 0 Å². The van der Waals surface area contributed by atoms with E-state index in [-0.39, 0.29) is 11.8 Å². The predicted molar refractivity (Wildman–Crippen MR) is 580 cm³/mol. The third-order valence-electron chi connectivity index (χ3n) is 30.8. The van der Waals surface area contributed by atoms with Gasteiger partial charge in [0.25, 0.3) is 0 Å². The lowest BCUT2D eigenvalue weighted by atomic mass is 9.52. The predicted octanol–water partition coefficient (Wildman–Crippen LogP) is 38.2. The normalized spacial score (nSPS) is 15.5. The van der Waals surface area contributed by atoms with E-state index >= 15 is 0 Å². The van der Waals surface area contributed by atoms with Gasteiger partial charge in [0.15, 0.2) is 0 Å². The van der Waals surface area contributed by atoms with E-state index in [0.717, 1.165) is 144 Å². The first-order valence-electron chi connectivity index (χ1n) is 57.1.